The number of hydrogen-bond acceptors (Lipinski definition) is 3. The number of methoxy groups -OCH3 is 1. The van der Waals surface area contributed by atoms with Gasteiger partial charge >= 0.3 is 0 Å². The highest BCUT2D eigenvalue weighted by atomic mass is 16.5. The van der Waals surface area contributed by atoms with Gasteiger partial charge in [0, 0.05) is 6.21 Å². The maximum atomic E-state index is 9.19. The maximum absolute atomic E-state index is 9.19. The predicted octanol–water partition coefficient (Wildman–Crippen LogP) is 1.40. The second kappa shape index (κ2) is 3.05. The van der Waals surface area contributed by atoms with Crippen LogP contribution in [0.4, 0.5) is 0 Å². The zero-order valence-electron chi connectivity index (χ0n) is 6.16. The Morgan fingerprint density at radius 2 is 2.27 bits per heavy atom. The zero-order chi connectivity index (χ0) is 8.27. The molecule has 0 radical (unpaired) electrons. The molecule has 58 valence electrons. The minimum absolute atomic E-state index is 0.0688. The summed E-state index contributed by atoms with van der Waals surface area (Å²) < 4.78 is 4.91. The number of rotatable bonds is 2. The number of nitrogens with one attached hydrogen (secondary N) is 1. The second-order valence-corrected chi connectivity index (χ2v) is 2.04. The molecule has 0 aromatic heterocycles. The molecule has 1 aromatic carbocycles. The molecule has 0 heterocycles. The van der Waals surface area contributed by atoms with Gasteiger partial charge in [-0.05, 0) is 12.1 Å². The van der Waals surface area contributed by atoms with E-state index in [9.17, 15) is 5.11 Å². The first-order chi connectivity index (χ1) is 5.29. The molecule has 3 nitrogen and oxygen atoms in total. The summed E-state index contributed by atoms with van der Waals surface area (Å²) in [5.41, 5.74) is 0.412. The third-order valence-corrected chi connectivity index (χ3v) is 1.41. The van der Waals surface area contributed by atoms with Crippen molar-refractivity contribution in [2.45, 2.75) is 0 Å². The van der Waals surface area contributed by atoms with Gasteiger partial charge in [-0.25, -0.2) is 0 Å². The summed E-state index contributed by atoms with van der Waals surface area (Å²) >= 11 is 0. The Morgan fingerprint density at radius 1 is 1.55 bits per heavy atom. The molecule has 0 aliphatic rings. The molecule has 0 atom stereocenters. The van der Waals surface area contributed by atoms with Crippen LogP contribution in [0.25, 0.3) is 0 Å². The zero-order valence-corrected chi connectivity index (χ0v) is 6.16. The van der Waals surface area contributed by atoms with E-state index in [1.807, 2.05) is 0 Å². The summed E-state index contributed by atoms with van der Waals surface area (Å²) in [7, 11) is 1.50. The van der Waals surface area contributed by atoms with Crippen LogP contribution in [-0.2, 0) is 0 Å². The Bertz CT molecular complexity index is 271. The van der Waals surface area contributed by atoms with Gasteiger partial charge in [0.25, 0.3) is 0 Å². The van der Waals surface area contributed by atoms with E-state index in [0.717, 1.165) is 6.21 Å². The lowest BCUT2D eigenvalue weighted by molar-refractivity contribution is 0.406. The Hall–Kier alpha value is -1.51. The van der Waals surface area contributed by atoms with Gasteiger partial charge in [0.15, 0.2) is 0 Å². The van der Waals surface area contributed by atoms with E-state index >= 15 is 0 Å². The van der Waals surface area contributed by atoms with E-state index in [1.165, 1.54) is 13.2 Å². The van der Waals surface area contributed by atoms with Crippen LogP contribution in [0.15, 0.2) is 18.2 Å². The third kappa shape index (κ3) is 1.32. The van der Waals surface area contributed by atoms with Crippen LogP contribution in [0.2, 0.25) is 0 Å². The topological polar surface area (TPSA) is 53.3 Å². The van der Waals surface area contributed by atoms with Crippen molar-refractivity contribution in [2.75, 3.05) is 7.11 Å². The lowest BCUT2D eigenvalue weighted by Crippen LogP contribution is -1.89. The monoisotopic (exact) mass is 151 g/mol. The van der Waals surface area contributed by atoms with E-state index in [1.54, 1.807) is 12.1 Å². The lowest BCUT2D eigenvalue weighted by Gasteiger charge is -2.04. The normalized spacial score (nSPS) is 9.18. The summed E-state index contributed by atoms with van der Waals surface area (Å²) in [5, 5.41) is 16.2. The van der Waals surface area contributed by atoms with Crippen molar-refractivity contribution >= 4 is 6.21 Å². The van der Waals surface area contributed by atoms with Crippen LogP contribution in [0.1, 0.15) is 5.56 Å². The van der Waals surface area contributed by atoms with E-state index in [2.05, 4.69) is 0 Å². The van der Waals surface area contributed by atoms with E-state index in [0.29, 0.717) is 11.3 Å². The third-order valence-electron chi connectivity index (χ3n) is 1.41. The average Bonchev–Trinajstić information content (AvgIpc) is 2.04. The molecule has 0 spiro atoms. The van der Waals surface area contributed by atoms with Gasteiger partial charge in [0.05, 0.1) is 12.7 Å². The molecule has 0 unspecified atom stereocenters. The van der Waals surface area contributed by atoms with Crippen molar-refractivity contribution in [3.63, 3.8) is 0 Å². The molecule has 0 amide bonds. The van der Waals surface area contributed by atoms with Crippen molar-refractivity contribution in [2.24, 2.45) is 0 Å². The van der Waals surface area contributed by atoms with Gasteiger partial charge in [-0.15, -0.1) is 0 Å². The van der Waals surface area contributed by atoms with E-state index in [-0.39, 0.29) is 5.75 Å². The fourth-order valence-corrected chi connectivity index (χ4v) is 0.856. The molecule has 0 aliphatic heterocycles. The number of hydrogen-bond donors (Lipinski definition) is 2. The molecule has 2 N–H and O–H groups in total. The first-order valence-electron chi connectivity index (χ1n) is 3.16. The molecular weight excluding hydrogens is 142 g/mol. The summed E-state index contributed by atoms with van der Waals surface area (Å²) in [5.74, 6) is 0.583. The van der Waals surface area contributed by atoms with Crippen molar-refractivity contribution in [1.82, 2.24) is 0 Å². The van der Waals surface area contributed by atoms with Gasteiger partial charge in [-0.2, -0.15) is 0 Å². The largest absolute Gasteiger partial charge is 0.507 e. The first-order valence-corrected chi connectivity index (χ1v) is 3.16. The van der Waals surface area contributed by atoms with Gasteiger partial charge in [-0.1, -0.05) is 6.07 Å². The highest BCUT2D eigenvalue weighted by Gasteiger charge is 2.03. The molecular formula is C8H9NO2. The number of benzene rings is 1. The molecule has 0 aliphatic carbocycles. The number of ether oxygens (including phenoxy) is 1. The van der Waals surface area contributed by atoms with Crippen molar-refractivity contribution in [3.05, 3.63) is 23.8 Å². The summed E-state index contributed by atoms with van der Waals surface area (Å²) in [6.07, 6.45) is 1.06. The number of phenolic OH excluding ortho intramolecular Hbond substituents is 1. The fraction of sp³-hybridized carbons (Fsp3) is 0.125. The maximum Gasteiger partial charge on any atom is 0.131 e. The van der Waals surface area contributed by atoms with Gasteiger partial charge in [0.1, 0.15) is 11.5 Å². The van der Waals surface area contributed by atoms with Gasteiger partial charge in [0.2, 0.25) is 0 Å². The van der Waals surface area contributed by atoms with E-state index < -0.39 is 0 Å². The van der Waals surface area contributed by atoms with Gasteiger partial charge in [-0.3, -0.25) is 0 Å². The summed E-state index contributed by atoms with van der Waals surface area (Å²) in [6, 6.07) is 4.88. The van der Waals surface area contributed by atoms with E-state index in [4.69, 9.17) is 10.1 Å². The quantitative estimate of drug-likeness (QED) is 0.627. The van der Waals surface area contributed by atoms with Crippen LogP contribution >= 0.6 is 0 Å². The molecule has 0 fully saturated rings. The standard InChI is InChI=1S/C8H9NO2/c1-11-8-4-2-3-7(10)6(8)5-9/h2-5,9-10H,1H3. The minimum Gasteiger partial charge on any atom is -0.507 e. The van der Waals surface area contributed by atoms with Crippen LogP contribution in [0.3, 0.4) is 0 Å². The molecule has 1 rings (SSSR count). The minimum atomic E-state index is 0.0688. The molecule has 3 heteroatoms. The molecule has 0 saturated carbocycles. The fourth-order valence-electron chi connectivity index (χ4n) is 0.856. The highest BCUT2D eigenvalue weighted by Crippen LogP contribution is 2.24. The smallest absolute Gasteiger partial charge is 0.131 e. The Labute approximate surface area is 64.8 Å². The number of phenols is 1. The predicted molar refractivity (Wildman–Crippen MR) is 42.5 cm³/mol. The number of aromatic hydroxyl groups is 1. The summed E-state index contributed by atoms with van der Waals surface area (Å²) in [4.78, 5) is 0. The van der Waals surface area contributed by atoms with Crippen LogP contribution < -0.4 is 4.74 Å². The summed E-state index contributed by atoms with van der Waals surface area (Å²) in [6.45, 7) is 0. The highest BCUT2D eigenvalue weighted by molar-refractivity contribution is 5.85. The molecule has 1 aromatic rings. The molecule has 0 bridgehead atoms. The lowest BCUT2D eigenvalue weighted by atomic mass is 10.2. The van der Waals surface area contributed by atoms with Crippen molar-refractivity contribution in [1.29, 1.82) is 5.41 Å². The van der Waals surface area contributed by atoms with Crippen LogP contribution in [-0.4, -0.2) is 18.4 Å². The second-order valence-electron chi connectivity index (χ2n) is 2.04. The van der Waals surface area contributed by atoms with Crippen LogP contribution in [0, 0.1) is 5.41 Å². The Morgan fingerprint density at radius 3 is 2.73 bits per heavy atom. The first kappa shape index (κ1) is 7.60. The molecule has 0 saturated heterocycles. The average molecular weight is 151 g/mol. The van der Waals surface area contributed by atoms with Gasteiger partial charge < -0.3 is 15.3 Å². The van der Waals surface area contributed by atoms with Crippen molar-refractivity contribution in [3.8, 4) is 11.5 Å². The Balaban J connectivity index is 3.24. The Kier molecular flexibility index (Phi) is 2.11. The SMILES string of the molecule is COc1cccc(O)c1C=N. The molecule has 11 heavy (non-hydrogen) atoms. The van der Waals surface area contributed by atoms with Crippen molar-refractivity contribution < 1.29 is 9.84 Å². The van der Waals surface area contributed by atoms with Crippen LogP contribution in [0.5, 0.6) is 11.5 Å².